The van der Waals surface area contributed by atoms with Gasteiger partial charge in [-0.05, 0) is 6.92 Å². The molecule has 0 unspecified atom stereocenters. The van der Waals surface area contributed by atoms with Crippen molar-refractivity contribution in [3.05, 3.63) is 17.0 Å². The molecule has 0 radical (unpaired) electrons. The maximum absolute atomic E-state index is 8.79. The van der Waals surface area contributed by atoms with Crippen LogP contribution >= 0.6 is 0 Å². The fourth-order valence-corrected chi connectivity index (χ4v) is 1.07. The molecule has 0 amide bonds. The molecule has 0 atom stereocenters. The summed E-state index contributed by atoms with van der Waals surface area (Å²) >= 11 is 0. The Kier molecular flexibility index (Phi) is 2.29. The van der Waals surface area contributed by atoms with E-state index >= 15 is 0 Å². The van der Waals surface area contributed by atoms with Crippen LogP contribution < -0.4 is 0 Å². The first-order valence-electron chi connectivity index (χ1n) is 3.72. The maximum Gasteiger partial charge on any atom is 0.142 e. The summed E-state index contributed by atoms with van der Waals surface area (Å²) in [6, 6.07) is 0. The van der Waals surface area contributed by atoms with Gasteiger partial charge in [0.15, 0.2) is 0 Å². The average molecular weight is 155 g/mol. The van der Waals surface area contributed by atoms with E-state index < -0.39 is 0 Å². The lowest BCUT2D eigenvalue weighted by molar-refractivity contribution is 0.264. The Morgan fingerprint density at radius 1 is 1.55 bits per heavy atom. The number of rotatable bonds is 2. The molecule has 62 valence electrons. The summed E-state index contributed by atoms with van der Waals surface area (Å²) in [5.41, 5.74) is 1.62. The number of hydrogen-bond acceptors (Lipinski definition) is 3. The smallest absolute Gasteiger partial charge is 0.142 e. The second-order valence-corrected chi connectivity index (χ2v) is 2.93. The van der Waals surface area contributed by atoms with Crippen molar-refractivity contribution in [2.75, 3.05) is 0 Å². The van der Waals surface area contributed by atoms with Crippen LogP contribution in [0.1, 0.15) is 36.8 Å². The quantitative estimate of drug-likeness (QED) is 0.705. The van der Waals surface area contributed by atoms with Crippen LogP contribution in [0.3, 0.4) is 0 Å². The molecule has 3 nitrogen and oxygen atoms in total. The van der Waals surface area contributed by atoms with E-state index in [-0.39, 0.29) is 6.61 Å². The summed E-state index contributed by atoms with van der Waals surface area (Å²) in [6.45, 7) is 5.95. The molecule has 1 heterocycles. The SMILES string of the molecule is Cc1c(CO)noc1C(C)C. The molecule has 0 bridgehead atoms. The van der Waals surface area contributed by atoms with Crippen LogP contribution in [0.15, 0.2) is 4.52 Å². The molecular weight excluding hydrogens is 142 g/mol. The van der Waals surface area contributed by atoms with Crippen molar-refractivity contribution in [2.24, 2.45) is 0 Å². The predicted molar refractivity (Wildman–Crippen MR) is 41.3 cm³/mol. The van der Waals surface area contributed by atoms with E-state index in [9.17, 15) is 0 Å². The monoisotopic (exact) mass is 155 g/mol. The largest absolute Gasteiger partial charge is 0.390 e. The molecule has 0 spiro atoms. The molecule has 0 aromatic carbocycles. The van der Waals surface area contributed by atoms with Crippen LogP contribution in [-0.4, -0.2) is 10.3 Å². The minimum atomic E-state index is -0.0396. The van der Waals surface area contributed by atoms with Crippen LogP contribution in [0.5, 0.6) is 0 Å². The van der Waals surface area contributed by atoms with Gasteiger partial charge in [-0.2, -0.15) is 0 Å². The Hall–Kier alpha value is -0.830. The molecule has 0 fully saturated rings. The lowest BCUT2D eigenvalue weighted by Gasteiger charge is -1.98. The zero-order valence-corrected chi connectivity index (χ0v) is 7.09. The molecule has 0 aliphatic heterocycles. The maximum atomic E-state index is 8.79. The predicted octanol–water partition coefficient (Wildman–Crippen LogP) is 1.60. The Bertz CT molecular complexity index is 240. The van der Waals surface area contributed by atoms with Gasteiger partial charge in [0.05, 0.1) is 6.61 Å². The number of nitrogens with zero attached hydrogens (tertiary/aromatic N) is 1. The first kappa shape index (κ1) is 8.27. The average Bonchev–Trinajstić information content (AvgIpc) is 2.30. The van der Waals surface area contributed by atoms with E-state index in [2.05, 4.69) is 5.16 Å². The van der Waals surface area contributed by atoms with Crippen molar-refractivity contribution in [1.29, 1.82) is 0 Å². The zero-order valence-electron chi connectivity index (χ0n) is 7.09. The van der Waals surface area contributed by atoms with Gasteiger partial charge in [0, 0.05) is 11.5 Å². The molecule has 1 aromatic heterocycles. The van der Waals surface area contributed by atoms with Crippen molar-refractivity contribution >= 4 is 0 Å². The third kappa shape index (κ3) is 1.43. The fourth-order valence-electron chi connectivity index (χ4n) is 1.07. The Balaban J connectivity index is 3.00. The third-order valence-electron chi connectivity index (χ3n) is 1.73. The van der Waals surface area contributed by atoms with Crippen LogP contribution in [0.2, 0.25) is 0 Å². The fraction of sp³-hybridized carbons (Fsp3) is 0.625. The highest BCUT2D eigenvalue weighted by atomic mass is 16.5. The van der Waals surface area contributed by atoms with Gasteiger partial charge in [-0.3, -0.25) is 0 Å². The van der Waals surface area contributed by atoms with Crippen molar-refractivity contribution in [2.45, 2.75) is 33.3 Å². The number of aliphatic hydroxyl groups excluding tert-OH is 1. The summed E-state index contributed by atoms with van der Waals surface area (Å²) in [6.07, 6.45) is 0. The molecule has 0 saturated carbocycles. The first-order valence-corrected chi connectivity index (χ1v) is 3.72. The molecule has 0 saturated heterocycles. The van der Waals surface area contributed by atoms with Gasteiger partial charge in [-0.15, -0.1) is 0 Å². The highest BCUT2D eigenvalue weighted by Gasteiger charge is 2.13. The molecule has 1 aromatic rings. The lowest BCUT2D eigenvalue weighted by Crippen LogP contribution is -1.89. The second-order valence-electron chi connectivity index (χ2n) is 2.93. The highest BCUT2D eigenvalue weighted by Crippen LogP contribution is 2.20. The van der Waals surface area contributed by atoms with Crippen molar-refractivity contribution in [3.63, 3.8) is 0 Å². The van der Waals surface area contributed by atoms with Crippen LogP contribution in [0, 0.1) is 6.92 Å². The summed E-state index contributed by atoms with van der Waals surface area (Å²) in [4.78, 5) is 0. The van der Waals surface area contributed by atoms with Crippen LogP contribution in [0.25, 0.3) is 0 Å². The van der Waals surface area contributed by atoms with Crippen molar-refractivity contribution in [3.8, 4) is 0 Å². The topological polar surface area (TPSA) is 46.3 Å². The standard InChI is InChI=1S/C8H13NO2/c1-5(2)8-6(3)7(4-10)9-11-8/h5,10H,4H2,1-3H3. The molecule has 0 aliphatic rings. The molecule has 0 aliphatic carbocycles. The minimum Gasteiger partial charge on any atom is -0.390 e. The van der Waals surface area contributed by atoms with E-state index in [1.54, 1.807) is 0 Å². The van der Waals surface area contributed by atoms with E-state index in [0.29, 0.717) is 11.6 Å². The molecular formula is C8H13NO2. The van der Waals surface area contributed by atoms with E-state index in [0.717, 1.165) is 11.3 Å². The molecule has 11 heavy (non-hydrogen) atoms. The molecule has 1 rings (SSSR count). The highest BCUT2D eigenvalue weighted by molar-refractivity contribution is 5.22. The van der Waals surface area contributed by atoms with Gasteiger partial charge in [0.1, 0.15) is 11.5 Å². The van der Waals surface area contributed by atoms with E-state index in [1.807, 2.05) is 20.8 Å². The molecule has 1 N–H and O–H groups in total. The van der Waals surface area contributed by atoms with Crippen molar-refractivity contribution < 1.29 is 9.63 Å². The summed E-state index contributed by atoms with van der Waals surface area (Å²) in [5.74, 6) is 1.21. The van der Waals surface area contributed by atoms with Gasteiger partial charge >= 0.3 is 0 Å². The lowest BCUT2D eigenvalue weighted by atomic mass is 10.1. The number of aliphatic hydroxyl groups is 1. The Morgan fingerprint density at radius 3 is 2.45 bits per heavy atom. The second kappa shape index (κ2) is 3.05. The van der Waals surface area contributed by atoms with Gasteiger partial charge in [0.25, 0.3) is 0 Å². The first-order chi connectivity index (χ1) is 5.16. The number of hydrogen-bond donors (Lipinski definition) is 1. The van der Waals surface area contributed by atoms with E-state index in [1.165, 1.54) is 0 Å². The summed E-state index contributed by atoms with van der Waals surface area (Å²) in [7, 11) is 0. The summed E-state index contributed by atoms with van der Waals surface area (Å²) < 4.78 is 5.04. The van der Waals surface area contributed by atoms with Crippen LogP contribution in [0.4, 0.5) is 0 Å². The Morgan fingerprint density at radius 2 is 2.18 bits per heavy atom. The van der Waals surface area contributed by atoms with Gasteiger partial charge in [-0.1, -0.05) is 19.0 Å². The third-order valence-corrected chi connectivity index (χ3v) is 1.73. The normalized spacial score (nSPS) is 11.0. The van der Waals surface area contributed by atoms with Crippen LogP contribution in [-0.2, 0) is 6.61 Å². The molecule has 3 heteroatoms. The van der Waals surface area contributed by atoms with Crippen molar-refractivity contribution in [1.82, 2.24) is 5.16 Å². The van der Waals surface area contributed by atoms with Gasteiger partial charge in [-0.25, -0.2) is 0 Å². The minimum absolute atomic E-state index is 0.0396. The van der Waals surface area contributed by atoms with Gasteiger partial charge < -0.3 is 9.63 Å². The zero-order chi connectivity index (χ0) is 8.43. The summed E-state index contributed by atoms with van der Waals surface area (Å²) in [5, 5.41) is 12.5. The number of aromatic nitrogens is 1. The van der Waals surface area contributed by atoms with E-state index in [4.69, 9.17) is 9.63 Å². The van der Waals surface area contributed by atoms with Gasteiger partial charge in [0.2, 0.25) is 0 Å². The Labute approximate surface area is 66.0 Å².